The zero-order chi connectivity index (χ0) is 14.4. The number of hydrogen-bond acceptors (Lipinski definition) is 3. The molecule has 4 rings (SSSR count). The van der Waals surface area contributed by atoms with Crippen LogP contribution in [0.4, 0.5) is 0 Å². The lowest BCUT2D eigenvalue weighted by atomic mass is 10.1. The molecule has 3 aromatic rings. The van der Waals surface area contributed by atoms with Gasteiger partial charge in [-0.15, -0.1) is 0 Å². The predicted molar refractivity (Wildman–Crippen MR) is 78.9 cm³/mol. The lowest BCUT2D eigenvalue weighted by Crippen LogP contribution is -2.42. The Balaban J connectivity index is 1.74. The van der Waals surface area contributed by atoms with Crippen LogP contribution < -0.4 is 0 Å². The van der Waals surface area contributed by atoms with Crippen LogP contribution in [0.25, 0.3) is 22.3 Å². The molecule has 2 N–H and O–H groups in total. The fourth-order valence-corrected chi connectivity index (χ4v) is 2.57. The molecule has 106 valence electrons. The third-order valence-electron chi connectivity index (χ3n) is 3.96. The molecule has 0 aliphatic carbocycles. The summed E-state index contributed by atoms with van der Waals surface area (Å²) in [6.07, 6.45) is 2.85. The number of rotatable bonds is 2. The monoisotopic (exact) mass is 281 g/mol. The molecule has 1 aliphatic heterocycles. The first-order valence-corrected chi connectivity index (χ1v) is 7.02. The first-order chi connectivity index (χ1) is 10.2. The van der Waals surface area contributed by atoms with E-state index in [0.717, 1.165) is 47.5 Å². The van der Waals surface area contributed by atoms with Gasteiger partial charge in [-0.1, -0.05) is 0 Å². The van der Waals surface area contributed by atoms with Crippen LogP contribution in [-0.4, -0.2) is 44.1 Å². The van der Waals surface area contributed by atoms with Gasteiger partial charge in [-0.2, -0.15) is 5.10 Å². The van der Waals surface area contributed by atoms with Crippen molar-refractivity contribution in [3.05, 3.63) is 35.8 Å². The van der Waals surface area contributed by atoms with Crippen LogP contribution in [0.3, 0.4) is 0 Å². The van der Waals surface area contributed by atoms with Gasteiger partial charge in [0.15, 0.2) is 0 Å². The highest BCUT2D eigenvalue weighted by atomic mass is 16.2. The van der Waals surface area contributed by atoms with Crippen molar-refractivity contribution in [2.24, 2.45) is 0 Å². The summed E-state index contributed by atoms with van der Waals surface area (Å²) in [5, 5.41) is 7.87. The summed E-state index contributed by atoms with van der Waals surface area (Å²) in [5.74, 6) is 0.0558. The van der Waals surface area contributed by atoms with Crippen molar-refractivity contribution in [1.82, 2.24) is 25.1 Å². The van der Waals surface area contributed by atoms with E-state index in [2.05, 4.69) is 20.2 Å². The number of amides is 1. The molecule has 1 saturated heterocycles. The Labute approximate surface area is 121 Å². The Bertz CT molecular complexity index is 828. The summed E-state index contributed by atoms with van der Waals surface area (Å²) in [4.78, 5) is 21.8. The topological polar surface area (TPSA) is 77.7 Å². The van der Waals surface area contributed by atoms with E-state index in [9.17, 15) is 4.79 Å². The minimum Gasteiger partial charge on any atom is -0.337 e. The molecule has 4 heterocycles. The van der Waals surface area contributed by atoms with Crippen molar-refractivity contribution >= 4 is 16.9 Å². The van der Waals surface area contributed by atoms with Crippen molar-refractivity contribution < 1.29 is 4.79 Å². The summed E-state index contributed by atoms with van der Waals surface area (Å²) >= 11 is 0. The largest absolute Gasteiger partial charge is 0.337 e. The van der Waals surface area contributed by atoms with Crippen LogP contribution in [0.1, 0.15) is 22.6 Å². The average molecular weight is 281 g/mol. The van der Waals surface area contributed by atoms with Crippen molar-refractivity contribution in [1.29, 1.82) is 0 Å². The number of carbonyl (C=O) groups excluding carboxylic acids is 1. The predicted octanol–water partition coefficient (Wildman–Crippen LogP) is 2.11. The van der Waals surface area contributed by atoms with Crippen molar-refractivity contribution in [3.8, 4) is 11.3 Å². The van der Waals surface area contributed by atoms with Crippen LogP contribution in [0.15, 0.2) is 24.4 Å². The second-order valence-electron chi connectivity index (χ2n) is 5.37. The van der Waals surface area contributed by atoms with E-state index in [1.807, 2.05) is 30.0 Å². The molecular weight excluding hydrogens is 266 g/mol. The quantitative estimate of drug-likeness (QED) is 0.755. The van der Waals surface area contributed by atoms with Crippen LogP contribution in [-0.2, 0) is 0 Å². The third-order valence-corrected chi connectivity index (χ3v) is 3.96. The lowest BCUT2D eigenvalue weighted by molar-refractivity contribution is 0.0646. The minimum atomic E-state index is 0.0558. The highest BCUT2D eigenvalue weighted by Crippen LogP contribution is 2.23. The summed E-state index contributed by atoms with van der Waals surface area (Å²) in [6, 6.07) is 5.80. The van der Waals surface area contributed by atoms with E-state index in [0.29, 0.717) is 5.69 Å². The van der Waals surface area contributed by atoms with Gasteiger partial charge < -0.3 is 9.88 Å². The van der Waals surface area contributed by atoms with Crippen LogP contribution >= 0.6 is 0 Å². The van der Waals surface area contributed by atoms with Gasteiger partial charge in [0, 0.05) is 29.7 Å². The number of hydrogen-bond donors (Lipinski definition) is 2. The molecule has 0 aromatic carbocycles. The number of fused-ring (bicyclic) bond motifs is 1. The van der Waals surface area contributed by atoms with Crippen LogP contribution in [0.5, 0.6) is 0 Å². The number of carbonyl (C=O) groups is 1. The Morgan fingerprint density at radius 1 is 1.33 bits per heavy atom. The van der Waals surface area contributed by atoms with Gasteiger partial charge >= 0.3 is 0 Å². The van der Waals surface area contributed by atoms with E-state index in [1.54, 1.807) is 6.20 Å². The summed E-state index contributed by atoms with van der Waals surface area (Å²) in [5.41, 5.74) is 4.14. The number of nitrogens with zero attached hydrogens (tertiary/aromatic N) is 3. The standard InChI is InChI=1S/C15H15N5O/c1-9-11(8-16-19-9)12-4-3-10-7-13(18-14(10)17-12)15(21)20-5-2-6-20/h3-4,7-8H,2,5-6H2,1H3,(H,16,19)(H,17,18). The maximum atomic E-state index is 12.2. The Morgan fingerprint density at radius 2 is 2.19 bits per heavy atom. The molecule has 0 spiro atoms. The van der Waals surface area contributed by atoms with Gasteiger partial charge in [-0.3, -0.25) is 9.89 Å². The van der Waals surface area contributed by atoms with Gasteiger partial charge in [0.1, 0.15) is 11.3 Å². The van der Waals surface area contributed by atoms with Gasteiger partial charge in [-0.05, 0) is 31.5 Å². The smallest absolute Gasteiger partial charge is 0.270 e. The Kier molecular flexibility index (Phi) is 2.57. The first kappa shape index (κ1) is 12.1. The number of aryl methyl sites for hydroxylation is 1. The number of aromatic nitrogens is 4. The molecule has 1 aliphatic rings. The van der Waals surface area contributed by atoms with E-state index in [4.69, 9.17) is 0 Å². The molecule has 0 saturated carbocycles. The van der Waals surface area contributed by atoms with Crippen LogP contribution in [0.2, 0.25) is 0 Å². The minimum absolute atomic E-state index is 0.0558. The zero-order valence-electron chi connectivity index (χ0n) is 11.7. The summed E-state index contributed by atoms with van der Waals surface area (Å²) in [7, 11) is 0. The second-order valence-corrected chi connectivity index (χ2v) is 5.37. The lowest BCUT2D eigenvalue weighted by Gasteiger charge is -2.30. The highest BCUT2D eigenvalue weighted by Gasteiger charge is 2.23. The SMILES string of the molecule is Cc1[nH]ncc1-c1ccc2cc(C(=O)N3CCC3)[nH]c2n1. The molecule has 6 heteroatoms. The van der Waals surface area contributed by atoms with Gasteiger partial charge in [0.25, 0.3) is 5.91 Å². The number of nitrogens with one attached hydrogen (secondary N) is 2. The normalized spacial score (nSPS) is 14.4. The number of likely N-dealkylation sites (tertiary alicyclic amines) is 1. The number of pyridine rings is 1. The molecule has 0 unspecified atom stereocenters. The summed E-state index contributed by atoms with van der Waals surface area (Å²) in [6.45, 7) is 3.66. The van der Waals surface area contributed by atoms with E-state index in [1.165, 1.54) is 0 Å². The molecule has 3 aromatic heterocycles. The Hall–Kier alpha value is -2.63. The fourth-order valence-electron chi connectivity index (χ4n) is 2.57. The van der Waals surface area contributed by atoms with Gasteiger partial charge in [-0.25, -0.2) is 4.98 Å². The Morgan fingerprint density at radius 3 is 2.86 bits per heavy atom. The summed E-state index contributed by atoms with van der Waals surface area (Å²) < 4.78 is 0. The molecule has 0 radical (unpaired) electrons. The van der Waals surface area contributed by atoms with E-state index >= 15 is 0 Å². The molecule has 0 bridgehead atoms. The van der Waals surface area contributed by atoms with Crippen LogP contribution in [0, 0.1) is 6.92 Å². The molecule has 6 nitrogen and oxygen atoms in total. The number of H-pyrrole nitrogens is 2. The molecule has 1 amide bonds. The maximum absolute atomic E-state index is 12.2. The van der Waals surface area contributed by atoms with E-state index in [-0.39, 0.29) is 5.91 Å². The van der Waals surface area contributed by atoms with Gasteiger partial charge in [0.05, 0.1) is 11.9 Å². The van der Waals surface area contributed by atoms with Crippen molar-refractivity contribution in [3.63, 3.8) is 0 Å². The molecule has 1 fully saturated rings. The second kappa shape index (κ2) is 4.44. The fraction of sp³-hybridized carbons (Fsp3) is 0.267. The zero-order valence-corrected chi connectivity index (χ0v) is 11.7. The highest BCUT2D eigenvalue weighted by molar-refractivity contribution is 5.97. The maximum Gasteiger partial charge on any atom is 0.270 e. The third kappa shape index (κ3) is 1.91. The molecule has 0 atom stereocenters. The average Bonchev–Trinajstić information content (AvgIpc) is 3.01. The molecular formula is C15H15N5O. The van der Waals surface area contributed by atoms with E-state index < -0.39 is 0 Å². The van der Waals surface area contributed by atoms with Crippen molar-refractivity contribution in [2.45, 2.75) is 13.3 Å². The number of aromatic amines is 2. The molecule has 21 heavy (non-hydrogen) atoms. The van der Waals surface area contributed by atoms with Crippen molar-refractivity contribution in [2.75, 3.05) is 13.1 Å². The van der Waals surface area contributed by atoms with Gasteiger partial charge in [0.2, 0.25) is 0 Å². The first-order valence-electron chi connectivity index (χ1n) is 7.02.